The molecule has 2 rings (SSSR count). The predicted molar refractivity (Wildman–Crippen MR) is 65.5 cm³/mol. The third-order valence-corrected chi connectivity index (χ3v) is 3.04. The molecule has 0 aliphatic carbocycles. The van der Waals surface area contributed by atoms with Crippen molar-refractivity contribution in [1.29, 1.82) is 0 Å². The number of aromatic nitrogens is 2. The Balaban J connectivity index is 2.86. The smallest absolute Gasteiger partial charge is 0.357 e. The minimum absolute atomic E-state index is 0.376. The van der Waals surface area contributed by atoms with Crippen LogP contribution in [0.25, 0.3) is 5.65 Å². The van der Waals surface area contributed by atoms with Gasteiger partial charge in [0.25, 0.3) is 0 Å². The van der Waals surface area contributed by atoms with Crippen molar-refractivity contribution < 1.29 is 14.3 Å². The number of hydrogen-bond donors (Lipinski definition) is 0. The lowest BCUT2D eigenvalue weighted by molar-refractivity contribution is 0.0591. The molecule has 2 aromatic rings. The SMILES string of the molecule is COC(=O)c1c(C)nc2ccc(Br)c(OC)n12. The number of methoxy groups -OCH3 is 2. The number of hydrogen-bond acceptors (Lipinski definition) is 4. The largest absolute Gasteiger partial charge is 0.481 e. The lowest BCUT2D eigenvalue weighted by atomic mass is 10.3. The van der Waals surface area contributed by atoms with Gasteiger partial charge >= 0.3 is 5.97 Å². The molecule has 0 saturated heterocycles. The van der Waals surface area contributed by atoms with E-state index in [1.165, 1.54) is 14.2 Å². The molecule has 0 N–H and O–H groups in total. The quantitative estimate of drug-likeness (QED) is 0.798. The summed E-state index contributed by atoms with van der Waals surface area (Å²) in [5.41, 5.74) is 1.62. The molecule has 0 aliphatic heterocycles. The van der Waals surface area contributed by atoms with Gasteiger partial charge in [-0.2, -0.15) is 0 Å². The van der Waals surface area contributed by atoms with Crippen LogP contribution in [0.5, 0.6) is 5.88 Å². The van der Waals surface area contributed by atoms with Crippen molar-refractivity contribution in [3.8, 4) is 5.88 Å². The number of imidazole rings is 1. The second-order valence-corrected chi connectivity index (χ2v) is 4.28. The lowest BCUT2D eigenvalue weighted by Gasteiger charge is -2.08. The number of ether oxygens (including phenoxy) is 2. The van der Waals surface area contributed by atoms with Crippen LogP contribution in [-0.2, 0) is 4.74 Å². The fraction of sp³-hybridized carbons (Fsp3) is 0.273. The maximum absolute atomic E-state index is 11.7. The van der Waals surface area contributed by atoms with E-state index in [2.05, 4.69) is 20.9 Å². The standard InChI is InChI=1S/C11H11BrN2O3/c1-6-9(11(15)17-3)14-8(13-6)5-4-7(12)10(14)16-2/h4-5H,1-3H3. The van der Waals surface area contributed by atoms with E-state index in [4.69, 9.17) is 9.47 Å². The molecule has 0 spiro atoms. The van der Waals surface area contributed by atoms with E-state index in [1.807, 2.05) is 6.07 Å². The number of carbonyl (C=O) groups excluding carboxylic acids is 1. The fourth-order valence-electron chi connectivity index (χ4n) is 1.72. The van der Waals surface area contributed by atoms with Gasteiger partial charge in [-0.3, -0.25) is 4.40 Å². The first-order chi connectivity index (χ1) is 8.10. The van der Waals surface area contributed by atoms with Crippen molar-refractivity contribution in [2.24, 2.45) is 0 Å². The summed E-state index contributed by atoms with van der Waals surface area (Å²) in [5.74, 6) is 0.0786. The highest BCUT2D eigenvalue weighted by atomic mass is 79.9. The molecule has 6 heteroatoms. The number of carbonyl (C=O) groups is 1. The van der Waals surface area contributed by atoms with E-state index in [9.17, 15) is 4.79 Å². The van der Waals surface area contributed by atoms with E-state index in [1.54, 1.807) is 17.4 Å². The summed E-state index contributed by atoms with van der Waals surface area (Å²) >= 11 is 3.37. The Bertz CT molecular complexity index is 592. The van der Waals surface area contributed by atoms with Gasteiger partial charge in [-0.1, -0.05) is 0 Å². The molecule has 2 aromatic heterocycles. The topological polar surface area (TPSA) is 52.8 Å². The molecular weight excluding hydrogens is 288 g/mol. The molecule has 0 aromatic carbocycles. The molecule has 2 heterocycles. The molecule has 0 atom stereocenters. The number of fused-ring (bicyclic) bond motifs is 1. The van der Waals surface area contributed by atoms with Crippen LogP contribution >= 0.6 is 15.9 Å². The van der Waals surface area contributed by atoms with Gasteiger partial charge in [-0.25, -0.2) is 9.78 Å². The average molecular weight is 299 g/mol. The monoisotopic (exact) mass is 298 g/mol. The Morgan fingerprint density at radius 3 is 2.71 bits per heavy atom. The number of nitrogens with zero attached hydrogens (tertiary/aromatic N) is 2. The summed E-state index contributed by atoms with van der Waals surface area (Å²) in [5, 5.41) is 0. The van der Waals surface area contributed by atoms with Crippen LogP contribution in [0.1, 0.15) is 16.2 Å². The molecule has 0 unspecified atom stereocenters. The van der Waals surface area contributed by atoms with Gasteiger partial charge in [0.1, 0.15) is 5.65 Å². The number of pyridine rings is 1. The Kier molecular flexibility index (Phi) is 3.06. The molecule has 0 fully saturated rings. The van der Waals surface area contributed by atoms with Crippen LogP contribution in [0.3, 0.4) is 0 Å². The second kappa shape index (κ2) is 4.37. The van der Waals surface area contributed by atoms with Crippen LogP contribution in [0.4, 0.5) is 0 Å². The summed E-state index contributed by atoms with van der Waals surface area (Å²) in [7, 11) is 2.88. The third-order valence-electron chi connectivity index (χ3n) is 2.44. The molecule has 0 aliphatic rings. The molecule has 90 valence electrons. The summed E-state index contributed by atoms with van der Waals surface area (Å²) < 4.78 is 12.4. The normalized spacial score (nSPS) is 10.6. The van der Waals surface area contributed by atoms with E-state index >= 15 is 0 Å². The molecule has 0 saturated carbocycles. The van der Waals surface area contributed by atoms with E-state index in [0.29, 0.717) is 22.9 Å². The van der Waals surface area contributed by atoms with Gasteiger partial charge in [0.05, 0.1) is 24.4 Å². The summed E-state index contributed by atoms with van der Waals surface area (Å²) in [6.45, 7) is 1.76. The highest BCUT2D eigenvalue weighted by molar-refractivity contribution is 9.10. The lowest BCUT2D eigenvalue weighted by Crippen LogP contribution is -2.09. The van der Waals surface area contributed by atoms with E-state index in [-0.39, 0.29) is 0 Å². The first-order valence-electron chi connectivity index (χ1n) is 4.90. The summed E-state index contributed by atoms with van der Waals surface area (Å²) in [4.78, 5) is 16.0. The van der Waals surface area contributed by atoms with Crippen LogP contribution in [-0.4, -0.2) is 29.6 Å². The number of halogens is 1. The first kappa shape index (κ1) is 11.9. The zero-order valence-corrected chi connectivity index (χ0v) is 11.2. The highest BCUT2D eigenvalue weighted by Crippen LogP contribution is 2.28. The van der Waals surface area contributed by atoms with Gasteiger partial charge in [0.2, 0.25) is 5.88 Å². The van der Waals surface area contributed by atoms with E-state index in [0.717, 1.165) is 4.47 Å². The zero-order chi connectivity index (χ0) is 12.6. The maximum atomic E-state index is 11.7. The average Bonchev–Trinajstić information content (AvgIpc) is 2.64. The third kappa shape index (κ3) is 1.78. The number of rotatable bonds is 2. The molecule has 5 nitrogen and oxygen atoms in total. The van der Waals surface area contributed by atoms with Gasteiger partial charge in [0.15, 0.2) is 5.69 Å². The molecule has 0 radical (unpaired) electrons. The Morgan fingerprint density at radius 2 is 2.12 bits per heavy atom. The first-order valence-corrected chi connectivity index (χ1v) is 5.69. The van der Waals surface area contributed by atoms with Crippen molar-refractivity contribution in [1.82, 2.24) is 9.38 Å². The Hall–Kier alpha value is -1.56. The zero-order valence-electron chi connectivity index (χ0n) is 9.65. The van der Waals surface area contributed by atoms with Crippen molar-refractivity contribution in [3.63, 3.8) is 0 Å². The van der Waals surface area contributed by atoms with Crippen LogP contribution in [0.2, 0.25) is 0 Å². The molecular formula is C11H11BrN2O3. The molecule has 0 bridgehead atoms. The molecule has 0 amide bonds. The van der Waals surface area contributed by atoms with Crippen LogP contribution in [0, 0.1) is 6.92 Å². The minimum Gasteiger partial charge on any atom is -0.481 e. The maximum Gasteiger partial charge on any atom is 0.357 e. The van der Waals surface area contributed by atoms with Crippen molar-refractivity contribution in [2.45, 2.75) is 6.92 Å². The van der Waals surface area contributed by atoms with Crippen LogP contribution in [0.15, 0.2) is 16.6 Å². The van der Waals surface area contributed by atoms with Gasteiger partial charge in [-0.15, -0.1) is 0 Å². The highest BCUT2D eigenvalue weighted by Gasteiger charge is 2.20. The van der Waals surface area contributed by atoms with Crippen LogP contribution < -0.4 is 4.74 Å². The predicted octanol–water partition coefficient (Wildman–Crippen LogP) is 2.20. The van der Waals surface area contributed by atoms with Crippen molar-refractivity contribution in [2.75, 3.05) is 14.2 Å². The Labute approximate surface area is 106 Å². The van der Waals surface area contributed by atoms with Gasteiger partial charge in [0, 0.05) is 0 Å². The molecule has 17 heavy (non-hydrogen) atoms. The van der Waals surface area contributed by atoms with Crippen molar-refractivity contribution in [3.05, 3.63) is 28.0 Å². The summed E-state index contributed by atoms with van der Waals surface area (Å²) in [6.07, 6.45) is 0. The Morgan fingerprint density at radius 1 is 1.41 bits per heavy atom. The minimum atomic E-state index is -0.439. The summed E-state index contributed by atoms with van der Waals surface area (Å²) in [6, 6.07) is 3.62. The van der Waals surface area contributed by atoms with Gasteiger partial charge < -0.3 is 9.47 Å². The fourth-order valence-corrected chi connectivity index (χ4v) is 2.19. The van der Waals surface area contributed by atoms with Gasteiger partial charge in [-0.05, 0) is 35.0 Å². The number of aryl methyl sites for hydroxylation is 1. The van der Waals surface area contributed by atoms with Crippen molar-refractivity contribution >= 4 is 27.5 Å². The number of esters is 1. The second-order valence-electron chi connectivity index (χ2n) is 3.42. The van der Waals surface area contributed by atoms with E-state index < -0.39 is 5.97 Å².